The molecule has 6 heteroatoms. The third-order valence-electron chi connectivity index (χ3n) is 3.92. The summed E-state index contributed by atoms with van der Waals surface area (Å²) < 4.78 is 18.8. The maximum atomic E-state index is 13.9. The standard InChI is InChI=1S/C15H25FN4O/c1-17-6-7-20(2)10-12-9-18-19-15(12)11-4-5-14(21-3)13(16)8-11/h4-5,8,12,15,17-19H,6-7,9-10H2,1-3H3. The van der Waals surface area contributed by atoms with Crippen LogP contribution in [0.5, 0.6) is 5.75 Å². The lowest BCUT2D eigenvalue weighted by atomic mass is 9.94. The van der Waals surface area contributed by atoms with Gasteiger partial charge in [0.2, 0.25) is 0 Å². The van der Waals surface area contributed by atoms with Crippen LogP contribution in [0, 0.1) is 11.7 Å². The van der Waals surface area contributed by atoms with E-state index in [1.54, 1.807) is 12.1 Å². The molecule has 2 atom stereocenters. The van der Waals surface area contributed by atoms with Crippen LogP contribution in [0.25, 0.3) is 0 Å². The first-order chi connectivity index (χ1) is 10.2. The van der Waals surface area contributed by atoms with Gasteiger partial charge in [-0.1, -0.05) is 6.07 Å². The molecule has 0 radical (unpaired) electrons. The smallest absolute Gasteiger partial charge is 0.165 e. The van der Waals surface area contributed by atoms with Crippen molar-refractivity contribution in [2.24, 2.45) is 5.92 Å². The van der Waals surface area contributed by atoms with Gasteiger partial charge in [0.25, 0.3) is 0 Å². The number of hydrogen-bond donors (Lipinski definition) is 3. The van der Waals surface area contributed by atoms with E-state index in [4.69, 9.17) is 4.74 Å². The van der Waals surface area contributed by atoms with E-state index >= 15 is 0 Å². The number of likely N-dealkylation sites (N-methyl/N-ethyl adjacent to an activating group) is 2. The van der Waals surface area contributed by atoms with Crippen LogP contribution in [-0.4, -0.2) is 52.3 Å². The Kier molecular flexibility index (Phi) is 5.93. The number of methoxy groups -OCH3 is 1. The second-order valence-electron chi connectivity index (χ2n) is 5.52. The van der Waals surface area contributed by atoms with Crippen molar-refractivity contribution >= 4 is 0 Å². The van der Waals surface area contributed by atoms with Crippen LogP contribution < -0.4 is 20.9 Å². The minimum absolute atomic E-state index is 0.113. The fraction of sp³-hybridized carbons (Fsp3) is 0.600. The molecule has 21 heavy (non-hydrogen) atoms. The zero-order valence-corrected chi connectivity index (χ0v) is 12.9. The van der Waals surface area contributed by atoms with Crippen molar-refractivity contribution in [1.29, 1.82) is 0 Å². The Balaban J connectivity index is 2.02. The van der Waals surface area contributed by atoms with Crippen molar-refractivity contribution in [2.75, 3.05) is 47.4 Å². The molecule has 0 saturated carbocycles. The summed E-state index contributed by atoms with van der Waals surface area (Å²) in [6.07, 6.45) is 0. The average molecular weight is 296 g/mol. The normalized spacial score (nSPS) is 22.0. The minimum atomic E-state index is -0.314. The van der Waals surface area contributed by atoms with E-state index in [-0.39, 0.29) is 17.6 Å². The predicted octanol–water partition coefficient (Wildman–Crippen LogP) is 0.751. The van der Waals surface area contributed by atoms with Crippen LogP contribution in [0.3, 0.4) is 0 Å². The van der Waals surface area contributed by atoms with Gasteiger partial charge in [0, 0.05) is 32.1 Å². The number of benzene rings is 1. The maximum Gasteiger partial charge on any atom is 0.165 e. The Hall–Kier alpha value is -1.21. The molecule has 5 nitrogen and oxygen atoms in total. The first kappa shape index (κ1) is 16.2. The number of hydrazine groups is 1. The maximum absolute atomic E-state index is 13.9. The molecule has 1 aliphatic rings. The van der Waals surface area contributed by atoms with Gasteiger partial charge >= 0.3 is 0 Å². The molecule has 1 aliphatic heterocycles. The largest absolute Gasteiger partial charge is 0.494 e. The number of ether oxygens (including phenoxy) is 1. The molecule has 118 valence electrons. The number of nitrogens with zero attached hydrogens (tertiary/aromatic N) is 1. The first-order valence-electron chi connectivity index (χ1n) is 7.30. The van der Waals surface area contributed by atoms with Crippen LogP contribution in [0.4, 0.5) is 4.39 Å². The van der Waals surface area contributed by atoms with Gasteiger partial charge in [-0.3, -0.25) is 5.43 Å². The average Bonchev–Trinajstić information content (AvgIpc) is 2.93. The Morgan fingerprint density at radius 1 is 1.48 bits per heavy atom. The second-order valence-corrected chi connectivity index (χ2v) is 5.52. The van der Waals surface area contributed by atoms with Gasteiger partial charge < -0.3 is 15.0 Å². The molecule has 1 aromatic carbocycles. The van der Waals surface area contributed by atoms with E-state index in [2.05, 4.69) is 28.1 Å². The summed E-state index contributed by atoms with van der Waals surface area (Å²) in [6, 6.07) is 5.28. The van der Waals surface area contributed by atoms with Crippen LogP contribution in [0.2, 0.25) is 0 Å². The Labute approximate surface area is 125 Å². The van der Waals surface area contributed by atoms with E-state index < -0.39 is 0 Å². The highest BCUT2D eigenvalue weighted by Gasteiger charge is 2.29. The molecule has 0 aromatic heterocycles. The number of halogens is 1. The zero-order chi connectivity index (χ0) is 15.2. The SMILES string of the molecule is CNCCN(C)CC1CNNC1c1ccc(OC)c(F)c1. The van der Waals surface area contributed by atoms with Crippen molar-refractivity contribution < 1.29 is 9.13 Å². The topological polar surface area (TPSA) is 48.6 Å². The van der Waals surface area contributed by atoms with Crippen molar-refractivity contribution in [3.8, 4) is 5.75 Å². The summed E-state index contributed by atoms with van der Waals surface area (Å²) in [5, 5.41) is 3.15. The third kappa shape index (κ3) is 4.14. The quantitative estimate of drug-likeness (QED) is 0.693. The van der Waals surface area contributed by atoms with E-state index in [0.717, 1.165) is 31.7 Å². The molecule has 1 fully saturated rings. The van der Waals surface area contributed by atoms with Crippen LogP contribution >= 0.6 is 0 Å². The zero-order valence-electron chi connectivity index (χ0n) is 12.9. The lowest BCUT2D eigenvalue weighted by Crippen LogP contribution is -2.34. The van der Waals surface area contributed by atoms with Crippen molar-refractivity contribution in [3.05, 3.63) is 29.6 Å². The van der Waals surface area contributed by atoms with Gasteiger partial charge in [0.1, 0.15) is 0 Å². The van der Waals surface area contributed by atoms with E-state index in [9.17, 15) is 4.39 Å². The fourth-order valence-corrected chi connectivity index (χ4v) is 2.73. The van der Waals surface area contributed by atoms with Crippen LogP contribution in [-0.2, 0) is 0 Å². The molecule has 1 aromatic rings. The van der Waals surface area contributed by atoms with Gasteiger partial charge in [-0.2, -0.15) is 0 Å². The molecule has 3 N–H and O–H groups in total. The molecule has 0 bridgehead atoms. The summed E-state index contributed by atoms with van der Waals surface area (Å²) in [4.78, 5) is 2.29. The molecule has 2 unspecified atom stereocenters. The Morgan fingerprint density at radius 3 is 2.95 bits per heavy atom. The fourth-order valence-electron chi connectivity index (χ4n) is 2.73. The van der Waals surface area contributed by atoms with Gasteiger partial charge in [-0.25, -0.2) is 9.82 Å². The van der Waals surface area contributed by atoms with E-state index in [0.29, 0.717) is 5.92 Å². The molecule has 0 amide bonds. The first-order valence-corrected chi connectivity index (χ1v) is 7.30. The molecular formula is C15H25FN4O. The molecule has 0 spiro atoms. The molecule has 1 heterocycles. The summed E-state index contributed by atoms with van der Waals surface area (Å²) in [6.45, 7) is 3.80. The molecule has 0 aliphatic carbocycles. The lowest BCUT2D eigenvalue weighted by molar-refractivity contribution is 0.270. The number of rotatable bonds is 7. The summed E-state index contributed by atoms with van der Waals surface area (Å²) in [5.74, 6) is 0.373. The number of hydrogen-bond acceptors (Lipinski definition) is 5. The van der Waals surface area contributed by atoms with E-state index in [1.807, 2.05) is 13.1 Å². The van der Waals surface area contributed by atoms with E-state index in [1.165, 1.54) is 7.11 Å². The van der Waals surface area contributed by atoms with Gasteiger partial charge in [-0.05, 0) is 31.8 Å². The summed E-state index contributed by atoms with van der Waals surface area (Å²) in [5.41, 5.74) is 7.38. The third-order valence-corrected chi connectivity index (χ3v) is 3.92. The van der Waals surface area contributed by atoms with Crippen molar-refractivity contribution in [1.82, 2.24) is 21.1 Å². The monoisotopic (exact) mass is 296 g/mol. The van der Waals surface area contributed by atoms with Crippen molar-refractivity contribution in [3.63, 3.8) is 0 Å². The van der Waals surface area contributed by atoms with Gasteiger partial charge in [0.05, 0.1) is 13.2 Å². The second kappa shape index (κ2) is 7.70. The molecular weight excluding hydrogens is 271 g/mol. The highest BCUT2D eigenvalue weighted by Crippen LogP contribution is 2.28. The Morgan fingerprint density at radius 2 is 2.29 bits per heavy atom. The highest BCUT2D eigenvalue weighted by molar-refractivity contribution is 5.31. The lowest BCUT2D eigenvalue weighted by Gasteiger charge is -2.25. The van der Waals surface area contributed by atoms with Crippen LogP contribution in [0.15, 0.2) is 18.2 Å². The highest BCUT2D eigenvalue weighted by atomic mass is 19.1. The van der Waals surface area contributed by atoms with Gasteiger partial charge in [-0.15, -0.1) is 0 Å². The predicted molar refractivity (Wildman–Crippen MR) is 81.7 cm³/mol. The molecule has 1 saturated heterocycles. The van der Waals surface area contributed by atoms with Gasteiger partial charge in [0.15, 0.2) is 11.6 Å². The summed E-state index contributed by atoms with van der Waals surface area (Å²) in [7, 11) is 5.55. The van der Waals surface area contributed by atoms with Crippen molar-refractivity contribution in [2.45, 2.75) is 6.04 Å². The Bertz CT molecular complexity index is 457. The molecule has 2 rings (SSSR count). The summed E-state index contributed by atoms with van der Waals surface area (Å²) >= 11 is 0. The number of nitrogens with one attached hydrogen (secondary N) is 3. The minimum Gasteiger partial charge on any atom is -0.494 e. The van der Waals surface area contributed by atoms with Crippen LogP contribution in [0.1, 0.15) is 11.6 Å².